The van der Waals surface area contributed by atoms with Gasteiger partial charge in [-0.3, -0.25) is 0 Å². The van der Waals surface area contributed by atoms with Crippen LogP contribution in [-0.4, -0.2) is 28.8 Å². The van der Waals surface area contributed by atoms with Gasteiger partial charge in [0.15, 0.2) is 11.5 Å². The van der Waals surface area contributed by atoms with Crippen LogP contribution >= 0.6 is 0 Å². The second-order valence-corrected chi connectivity index (χ2v) is 6.27. The minimum Gasteiger partial charge on any atom is -0.486 e. The lowest BCUT2D eigenvalue weighted by Gasteiger charge is -2.26. The van der Waals surface area contributed by atoms with Gasteiger partial charge in [-0.25, -0.2) is 4.98 Å². The Kier molecular flexibility index (Phi) is 3.11. The molecule has 4 rings (SSSR count). The zero-order valence-corrected chi connectivity index (χ0v) is 13.0. The van der Waals surface area contributed by atoms with Crippen LogP contribution in [0.1, 0.15) is 30.8 Å². The van der Waals surface area contributed by atoms with Crippen LogP contribution in [0.25, 0.3) is 11.3 Å². The van der Waals surface area contributed by atoms with Gasteiger partial charge in [-0.05, 0) is 31.5 Å². The molecule has 0 bridgehead atoms. The normalized spacial score (nSPS) is 23.2. The first kappa shape index (κ1) is 13.6. The summed E-state index contributed by atoms with van der Waals surface area (Å²) in [6.45, 7) is 6.38. The average Bonchev–Trinajstić information content (AvgIpc) is 2.84. The highest BCUT2D eigenvalue weighted by Crippen LogP contribution is 2.37. The molecular formula is C17H21N3O2. The van der Waals surface area contributed by atoms with Gasteiger partial charge in [0.25, 0.3) is 0 Å². The van der Waals surface area contributed by atoms with E-state index in [2.05, 4.69) is 24.5 Å². The molecule has 2 aliphatic rings. The molecule has 1 aromatic heterocycles. The van der Waals surface area contributed by atoms with Crippen LogP contribution in [0.5, 0.6) is 11.5 Å². The van der Waals surface area contributed by atoms with E-state index in [0.717, 1.165) is 41.5 Å². The summed E-state index contributed by atoms with van der Waals surface area (Å²) < 4.78 is 13.5. The third kappa shape index (κ3) is 2.08. The van der Waals surface area contributed by atoms with Crippen molar-refractivity contribution in [3.63, 3.8) is 0 Å². The molecule has 2 aliphatic heterocycles. The molecular weight excluding hydrogens is 278 g/mol. The predicted octanol–water partition coefficient (Wildman–Crippen LogP) is 2.46. The van der Waals surface area contributed by atoms with Crippen LogP contribution in [-0.2, 0) is 6.54 Å². The molecule has 0 saturated heterocycles. The minimum atomic E-state index is 0.212. The van der Waals surface area contributed by atoms with Gasteiger partial charge in [-0.2, -0.15) is 0 Å². The molecule has 2 aromatic rings. The highest BCUT2D eigenvalue weighted by atomic mass is 16.6. The van der Waals surface area contributed by atoms with Crippen molar-refractivity contribution in [2.24, 2.45) is 5.73 Å². The lowest BCUT2D eigenvalue weighted by atomic mass is 9.98. The monoisotopic (exact) mass is 299 g/mol. The molecule has 1 aromatic carbocycles. The van der Waals surface area contributed by atoms with Crippen LogP contribution in [0.3, 0.4) is 0 Å². The molecule has 0 aliphatic carbocycles. The smallest absolute Gasteiger partial charge is 0.162 e. The zero-order valence-electron chi connectivity index (χ0n) is 13.0. The van der Waals surface area contributed by atoms with E-state index in [0.29, 0.717) is 19.1 Å². The van der Waals surface area contributed by atoms with Gasteiger partial charge >= 0.3 is 0 Å². The molecule has 0 saturated carbocycles. The van der Waals surface area contributed by atoms with Crippen LogP contribution in [0, 0.1) is 6.92 Å². The van der Waals surface area contributed by atoms with E-state index >= 15 is 0 Å². The summed E-state index contributed by atoms with van der Waals surface area (Å²) in [4.78, 5) is 4.90. The number of aromatic nitrogens is 2. The van der Waals surface area contributed by atoms with E-state index in [1.54, 1.807) is 0 Å². The SMILES string of the molecule is Cc1c(-c2ccc3c(c2)OCCO3)nc2n1CC(N)CC2C. The van der Waals surface area contributed by atoms with Crippen molar-refractivity contribution in [3.05, 3.63) is 29.7 Å². The Morgan fingerprint density at radius 2 is 2.00 bits per heavy atom. The summed E-state index contributed by atoms with van der Waals surface area (Å²) >= 11 is 0. The molecule has 3 heterocycles. The molecule has 22 heavy (non-hydrogen) atoms. The Hall–Kier alpha value is -2.01. The van der Waals surface area contributed by atoms with Crippen molar-refractivity contribution >= 4 is 0 Å². The number of rotatable bonds is 1. The maximum absolute atomic E-state index is 6.16. The second kappa shape index (κ2) is 5.02. The van der Waals surface area contributed by atoms with E-state index in [4.69, 9.17) is 20.2 Å². The summed E-state index contributed by atoms with van der Waals surface area (Å²) in [5, 5.41) is 0. The van der Waals surface area contributed by atoms with Gasteiger partial charge in [0, 0.05) is 29.8 Å². The van der Waals surface area contributed by atoms with Crippen molar-refractivity contribution in [1.29, 1.82) is 0 Å². The third-order valence-electron chi connectivity index (χ3n) is 4.58. The fourth-order valence-corrected chi connectivity index (χ4v) is 3.49. The number of imidazole rings is 1. The van der Waals surface area contributed by atoms with Crippen molar-refractivity contribution in [3.8, 4) is 22.8 Å². The number of hydrogen-bond acceptors (Lipinski definition) is 4. The van der Waals surface area contributed by atoms with Gasteiger partial charge < -0.3 is 19.8 Å². The lowest BCUT2D eigenvalue weighted by Crippen LogP contribution is -2.34. The van der Waals surface area contributed by atoms with Gasteiger partial charge in [0.1, 0.15) is 19.0 Å². The molecule has 0 fully saturated rings. The number of fused-ring (bicyclic) bond motifs is 2. The van der Waals surface area contributed by atoms with Crippen LogP contribution in [0.15, 0.2) is 18.2 Å². The summed E-state index contributed by atoms with van der Waals surface area (Å²) in [6.07, 6.45) is 0.997. The lowest BCUT2D eigenvalue weighted by molar-refractivity contribution is 0.171. The van der Waals surface area contributed by atoms with E-state index in [1.165, 1.54) is 5.69 Å². The number of benzene rings is 1. The number of hydrogen-bond donors (Lipinski definition) is 1. The van der Waals surface area contributed by atoms with Crippen molar-refractivity contribution in [1.82, 2.24) is 9.55 Å². The summed E-state index contributed by atoms with van der Waals surface area (Å²) in [7, 11) is 0. The van der Waals surface area contributed by atoms with Crippen LogP contribution in [0.4, 0.5) is 0 Å². The molecule has 116 valence electrons. The van der Waals surface area contributed by atoms with E-state index < -0.39 is 0 Å². The standard InChI is InChI=1S/C17H21N3O2/c1-10-7-13(18)9-20-11(2)16(19-17(10)20)12-3-4-14-15(8-12)22-6-5-21-14/h3-4,8,10,13H,5-7,9,18H2,1-2H3. The maximum Gasteiger partial charge on any atom is 0.162 e. The minimum absolute atomic E-state index is 0.212. The molecule has 0 spiro atoms. The topological polar surface area (TPSA) is 62.3 Å². The van der Waals surface area contributed by atoms with Crippen molar-refractivity contribution in [2.45, 2.75) is 38.8 Å². The first-order valence-electron chi connectivity index (χ1n) is 7.86. The fourth-order valence-electron chi connectivity index (χ4n) is 3.49. The maximum atomic E-state index is 6.16. The van der Waals surface area contributed by atoms with Gasteiger partial charge in [0.05, 0.1) is 5.69 Å². The Morgan fingerprint density at radius 3 is 2.82 bits per heavy atom. The summed E-state index contributed by atoms with van der Waals surface area (Å²) in [6, 6.07) is 6.26. The Bertz CT molecular complexity index is 723. The average molecular weight is 299 g/mol. The number of nitrogens with zero attached hydrogens (tertiary/aromatic N) is 2. The van der Waals surface area contributed by atoms with E-state index in [-0.39, 0.29) is 6.04 Å². The van der Waals surface area contributed by atoms with Crippen molar-refractivity contribution in [2.75, 3.05) is 13.2 Å². The molecule has 5 heteroatoms. The van der Waals surface area contributed by atoms with Crippen LogP contribution in [0.2, 0.25) is 0 Å². The van der Waals surface area contributed by atoms with Crippen LogP contribution < -0.4 is 15.2 Å². The van der Waals surface area contributed by atoms with Gasteiger partial charge in [0.2, 0.25) is 0 Å². The third-order valence-corrected chi connectivity index (χ3v) is 4.58. The highest BCUT2D eigenvalue weighted by molar-refractivity contribution is 5.66. The molecule has 2 unspecified atom stereocenters. The van der Waals surface area contributed by atoms with Gasteiger partial charge in [-0.15, -0.1) is 0 Å². The summed E-state index contributed by atoms with van der Waals surface area (Å²) in [5.41, 5.74) is 9.43. The summed E-state index contributed by atoms with van der Waals surface area (Å²) in [5.74, 6) is 3.16. The van der Waals surface area contributed by atoms with E-state index in [9.17, 15) is 0 Å². The largest absolute Gasteiger partial charge is 0.486 e. The number of ether oxygens (including phenoxy) is 2. The highest BCUT2D eigenvalue weighted by Gasteiger charge is 2.27. The first-order chi connectivity index (χ1) is 10.6. The quantitative estimate of drug-likeness (QED) is 0.878. The molecule has 2 atom stereocenters. The molecule has 0 radical (unpaired) electrons. The van der Waals surface area contributed by atoms with Gasteiger partial charge in [-0.1, -0.05) is 6.92 Å². The Morgan fingerprint density at radius 1 is 1.23 bits per heavy atom. The first-order valence-corrected chi connectivity index (χ1v) is 7.86. The second-order valence-electron chi connectivity index (χ2n) is 6.27. The molecule has 5 nitrogen and oxygen atoms in total. The zero-order chi connectivity index (χ0) is 15.3. The predicted molar refractivity (Wildman–Crippen MR) is 84.4 cm³/mol. The molecule has 2 N–H and O–H groups in total. The Balaban J connectivity index is 1.79. The van der Waals surface area contributed by atoms with Crippen molar-refractivity contribution < 1.29 is 9.47 Å². The Labute approximate surface area is 130 Å². The van der Waals surface area contributed by atoms with E-state index in [1.807, 2.05) is 12.1 Å². The number of nitrogens with two attached hydrogens (primary N) is 1. The fraction of sp³-hybridized carbons (Fsp3) is 0.471. The molecule has 0 amide bonds.